The van der Waals surface area contributed by atoms with Gasteiger partial charge in [-0.25, -0.2) is 0 Å². The van der Waals surface area contributed by atoms with Crippen molar-refractivity contribution in [1.82, 2.24) is 5.32 Å². The lowest BCUT2D eigenvalue weighted by Crippen LogP contribution is -2.40. The Hall–Kier alpha value is -1.98. The van der Waals surface area contributed by atoms with Gasteiger partial charge < -0.3 is 10.6 Å². The van der Waals surface area contributed by atoms with Crippen molar-refractivity contribution in [3.8, 4) is 0 Å². The molecule has 4 nitrogen and oxygen atoms in total. The minimum atomic E-state index is -0.232. The van der Waals surface area contributed by atoms with E-state index in [1.54, 1.807) is 12.1 Å². The molecule has 0 unspecified atom stereocenters. The monoisotopic (exact) mass is 456 g/mol. The van der Waals surface area contributed by atoms with E-state index in [9.17, 15) is 9.59 Å². The van der Waals surface area contributed by atoms with Gasteiger partial charge in [0.2, 0.25) is 5.91 Å². The minimum Gasteiger partial charge on any atom is -0.353 e. The quantitative estimate of drug-likeness (QED) is 0.507. The number of fused-ring (bicyclic) bond motifs is 2. The Bertz CT molecular complexity index is 980. The van der Waals surface area contributed by atoms with Crippen LogP contribution in [0.3, 0.4) is 0 Å². The van der Waals surface area contributed by atoms with Crippen molar-refractivity contribution in [2.75, 3.05) is 11.1 Å². The number of hydrogen-bond acceptors (Lipinski definition) is 3. The summed E-state index contributed by atoms with van der Waals surface area (Å²) in [6, 6.07) is 13.1. The summed E-state index contributed by atoms with van der Waals surface area (Å²) in [5, 5.41) is 6.59. The van der Waals surface area contributed by atoms with E-state index in [4.69, 9.17) is 11.6 Å². The highest BCUT2D eigenvalue weighted by Gasteiger charge is 2.42. The molecule has 31 heavy (non-hydrogen) atoms. The predicted octanol–water partition coefficient (Wildman–Crippen LogP) is 5.93. The van der Waals surface area contributed by atoms with Gasteiger partial charge in [0.1, 0.15) is 0 Å². The number of carbonyl (C=O) groups excluding carboxylic acids is 2. The molecule has 6 heteroatoms. The summed E-state index contributed by atoms with van der Waals surface area (Å²) in [5.74, 6) is 2.36. The Morgan fingerprint density at radius 3 is 2.68 bits per heavy atom. The molecule has 0 radical (unpaired) electrons. The second-order valence-corrected chi connectivity index (χ2v) is 10.3. The van der Waals surface area contributed by atoms with Crippen LogP contribution in [0.25, 0.3) is 0 Å². The first-order valence-corrected chi connectivity index (χ1v) is 12.4. The molecule has 2 aliphatic rings. The number of nitrogens with one attached hydrogen (secondary N) is 2. The molecule has 164 valence electrons. The summed E-state index contributed by atoms with van der Waals surface area (Å²) < 4.78 is 0. The summed E-state index contributed by atoms with van der Waals surface area (Å²) in [4.78, 5) is 26.2. The average Bonchev–Trinajstić information content (AvgIpc) is 3.38. The Morgan fingerprint density at radius 2 is 1.97 bits per heavy atom. The van der Waals surface area contributed by atoms with Crippen LogP contribution in [-0.2, 0) is 4.79 Å². The van der Waals surface area contributed by atoms with Crippen molar-refractivity contribution >= 4 is 40.9 Å². The maximum Gasteiger partial charge on any atom is 0.256 e. The van der Waals surface area contributed by atoms with Crippen LogP contribution in [-0.4, -0.2) is 23.6 Å². The molecule has 0 saturated heterocycles. The third-order valence-corrected chi connectivity index (χ3v) is 8.07. The Balaban J connectivity index is 1.34. The first-order valence-electron chi connectivity index (χ1n) is 11.0. The zero-order valence-electron chi connectivity index (χ0n) is 18.0. The number of thioether (sulfide) groups is 1. The van der Waals surface area contributed by atoms with Gasteiger partial charge in [-0.3, -0.25) is 9.59 Å². The number of carbonyl (C=O) groups is 2. The number of anilines is 1. The van der Waals surface area contributed by atoms with E-state index in [0.29, 0.717) is 27.9 Å². The fraction of sp³-hybridized carbons (Fsp3) is 0.440. The highest BCUT2D eigenvalue weighted by atomic mass is 35.5. The zero-order valence-corrected chi connectivity index (χ0v) is 19.6. The Morgan fingerprint density at radius 1 is 1.16 bits per heavy atom. The van der Waals surface area contributed by atoms with Crippen LogP contribution >= 0.6 is 23.4 Å². The molecule has 2 bridgehead atoms. The van der Waals surface area contributed by atoms with Gasteiger partial charge in [-0.05, 0) is 80.7 Å². The van der Waals surface area contributed by atoms with Crippen molar-refractivity contribution in [3.63, 3.8) is 0 Å². The van der Waals surface area contributed by atoms with Gasteiger partial charge >= 0.3 is 0 Å². The Kier molecular flexibility index (Phi) is 6.92. The number of hydrogen-bond donors (Lipinski definition) is 2. The van der Waals surface area contributed by atoms with Crippen LogP contribution in [0, 0.1) is 24.7 Å². The average molecular weight is 457 g/mol. The van der Waals surface area contributed by atoms with Gasteiger partial charge in [0.15, 0.2) is 0 Å². The highest BCUT2D eigenvalue weighted by molar-refractivity contribution is 8.00. The number of halogens is 1. The summed E-state index contributed by atoms with van der Waals surface area (Å²) >= 11 is 7.65. The minimum absolute atomic E-state index is 0.0251. The van der Waals surface area contributed by atoms with E-state index >= 15 is 0 Å². The summed E-state index contributed by atoms with van der Waals surface area (Å²) in [6.07, 6.45) is 5.28. The van der Waals surface area contributed by atoms with E-state index in [2.05, 4.69) is 17.6 Å². The number of aryl methyl sites for hydroxylation is 1. The molecule has 0 spiro atoms. The lowest BCUT2D eigenvalue weighted by atomic mass is 9.84. The fourth-order valence-corrected chi connectivity index (χ4v) is 6.29. The summed E-state index contributed by atoms with van der Waals surface area (Å²) in [6.45, 7) is 4.09. The molecule has 0 aromatic heterocycles. The van der Waals surface area contributed by atoms with E-state index < -0.39 is 0 Å². The van der Waals surface area contributed by atoms with Gasteiger partial charge in [-0.1, -0.05) is 36.2 Å². The Labute approximate surface area is 193 Å². The molecule has 4 atom stereocenters. The molecule has 2 aliphatic carbocycles. The highest BCUT2D eigenvalue weighted by Crippen LogP contribution is 2.49. The van der Waals surface area contributed by atoms with Crippen LogP contribution in [0.5, 0.6) is 0 Å². The van der Waals surface area contributed by atoms with E-state index in [1.807, 2.05) is 37.3 Å². The topological polar surface area (TPSA) is 58.2 Å². The number of amides is 2. The standard InChI is InChI=1S/C25H29ClN2O2S/c1-15-7-10-22(21(26)11-15)28-25(30)19-5-3-4-6-23(19)31-14-24(29)27-16(2)20-13-17-8-9-18(20)12-17/h3-7,10-11,16-18,20H,8-9,12-14H2,1-2H3,(H,27,29)(H,28,30)/t16-,17-,18-,20+/m0/s1. The second-order valence-electron chi connectivity index (χ2n) is 8.92. The van der Waals surface area contributed by atoms with Gasteiger partial charge in [0.25, 0.3) is 5.91 Å². The first kappa shape index (κ1) is 22.2. The molecule has 2 saturated carbocycles. The van der Waals surface area contributed by atoms with Crippen LogP contribution in [0.4, 0.5) is 5.69 Å². The molecule has 2 amide bonds. The molecule has 0 heterocycles. The van der Waals surface area contributed by atoms with Crippen molar-refractivity contribution in [1.29, 1.82) is 0 Å². The predicted molar refractivity (Wildman–Crippen MR) is 128 cm³/mol. The number of rotatable bonds is 7. The van der Waals surface area contributed by atoms with E-state index in [-0.39, 0.29) is 17.9 Å². The summed E-state index contributed by atoms with van der Waals surface area (Å²) in [7, 11) is 0. The van der Waals surface area contributed by atoms with Crippen LogP contribution < -0.4 is 10.6 Å². The zero-order chi connectivity index (χ0) is 22.0. The van der Waals surface area contributed by atoms with Crippen LogP contribution in [0.1, 0.15) is 48.5 Å². The maximum absolute atomic E-state index is 12.9. The second kappa shape index (κ2) is 9.66. The third-order valence-electron chi connectivity index (χ3n) is 6.69. The molecule has 2 aromatic rings. The van der Waals surface area contributed by atoms with E-state index in [1.165, 1.54) is 37.4 Å². The molecular formula is C25H29ClN2O2S. The normalized spacial score (nSPS) is 22.9. The summed E-state index contributed by atoms with van der Waals surface area (Å²) in [5.41, 5.74) is 2.15. The van der Waals surface area contributed by atoms with Gasteiger partial charge in [-0.2, -0.15) is 0 Å². The van der Waals surface area contributed by atoms with Crippen molar-refractivity contribution < 1.29 is 9.59 Å². The van der Waals surface area contributed by atoms with Crippen LogP contribution in [0.15, 0.2) is 47.4 Å². The molecule has 4 rings (SSSR count). The van der Waals surface area contributed by atoms with Crippen LogP contribution in [0.2, 0.25) is 5.02 Å². The smallest absolute Gasteiger partial charge is 0.256 e. The third kappa shape index (κ3) is 5.27. The molecule has 2 N–H and O–H groups in total. The lowest BCUT2D eigenvalue weighted by Gasteiger charge is -2.28. The van der Waals surface area contributed by atoms with Gasteiger partial charge in [0.05, 0.1) is 22.0 Å². The lowest BCUT2D eigenvalue weighted by molar-refractivity contribution is -0.119. The van der Waals surface area contributed by atoms with Crippen molar-refractivity contribution in [2.45, 2.75) is 50.5 Å². The maximum atomic E-state index is 12.9. The number of benzene rings is 2. The molecule has 2 aromatic carbocycles. The van der Waals surface area contributed by atoms with Gasteiger partial charge in [0, 0.05) is 10.9 Å². The molecule has 0 aliphatic heterocycles. The SMILES string of the molecule is Cc1ccc(NC(=O)c2ccccc2SCC(=O)N[C@@H](C)[C@H]2C[C@H]3CC[C@H]2C3)c(Cl)c1. The van der Waals surface area contributed by atoms with E-state index in [0.717, 1.165) is 22.3 Å². The van der Waals surface area contributed by atoms with Crippen molar-refractivity contribution in [2.24, 2.45) is 17.8 Å². The van der Waals surface area contributed by atoms with Crippen molar-refractivity contribution in [3.05, 3.63) is 58.6 Å². The van der Waals surface area contributed by atoms with Gasteiger partial charge in [-0.15, -0.1) is 11.8 Å². The molecule has 2 fully saturated rings. The first-order chi connectivity index (χ1) is 14.9. The molecular weight excluding hydrogens is 428 g/mol. The fourth-order valence-electron chi connectivity index (χ4n) is 5.14. The largest absolute Gasteiger partial charge is 0.353 e.